The van der Waals surface area contributed by atoms with Crippen LogP contribution in [-0.2, 0) is 6.54 Å². The summed E-state index contributed by atoms with van der Waals surface area (Å²) in [5.41, 5.74) is 1.64. The van der Waals surface area contributed by atoms with Crippen LogP contribution in [0.2, 0.25) is 0 Å². The molecular formula is C15H27BrN2S. The Morgan fingerprint density at radius 1 is 1.42 bits per heavy atom. The molecule has 1 atom stereocenters. The van der Waals surface area contributed by atoms with Crippen molar-refractivity contribution in [2.45, 2.75) is 58.7 Å². The molecule has 0 aliphatic carbocycles. The molecule has 0 radical (unpaired) electrons. The van der Waals surface area contributed by atoms with Crippen molar-refractivity contribution in [2.75, 3.05) is 13.6 Å². The lowest BCUT2D eigenvalue weighted by Crippen LogP contribution is -2.37. The average Bonchev–Trinajstić information content (AvgIpc) is 2.68. The predicted molar refractivity (Wildman–Crippen MR) is 89.9 cm³/mol. The van der Waals surface area contributed by atoms with E-state index in [1.54, 1.807) is 11.3 Å². The normalized spacial score (nSPS) is 14.1. The van der Waals surface area contributed by atoms with Gasteiger partial charge in [-0.25, -0.2) is 0 Å². The van der Waals surface area contributed by atoms with Crippen LogP contribution < -0.4 is 5.32 Å². The third-order valence-electron chi connectivity index (χ3n) is 3.26. The van der Waals surface area contributed by atoms with Crippen molar-refractivity contribution in [2.24, 2.45) is 0 Å². The largest absolute Gasteiger partial charge is 0.312 e. The van der Waals surface area contributed by atoms with Gasteiger partial charge < -0.3 is 5.32 Å². The van der Waals surface area contributed by atoms with Crippen LogP contribution in [0.3, 0.4) is 0 Å². The summed E-state index contributed by atoms with van der Waals surface area (Å²) in [6.45, 7) is 11.1. The van der Waals surface area contributed by atoms with Crippen molar-refractivity contribution in [3.63, 3.8) is 0 Å². The smallest absolute Gasteiger partial charge is 0.0701 e. The van der Waals surface area contributed by atoms with E-state index in [0.29, 0.717) is 6.04 Å². The Hall–Kier alpha value is 0.100. The highest BCUT2D eigenvalue weighted by Gasteiger charge is 2.12. The molecule has 1 heterocycles. The molecule has 0 saturated heterocycles. The molecular weight excluding hydrogens is 320 g/mol. The molecule has 0 saturated carbocycles. The first-order valence-corrected chi connectivity index (χ1v) is 8.63. The van der Waals surface area contributed by atoms with E-state index < -0.39 is 0 Å². The van der Waals surface area contributed by atoms with E-state index in [4.69, 9.17) is 0 Å². The highest BCUT2D eigenvalue weighted by atomic mass is 79.9. The van der Waals surface area contributed by atoms with Gasteiger partial charge in [-0.2, -0.15) is 0 Å². The van der Waals surface area contributed by atoms with Gasteiger partial charge in [0.05, 0.1) is 3.79 Å². The molecule has 1 unspecified atom stereocenters. The molecule has 0 amide bonds. The molecule has 4 heteroatoms. The van der Waals surface area contributed by atoms with Crippen molar-refractivity contribution in [1.29, 1.82) is 0 Å². The van der Waals surface area contributed by atoms with E-state index in [-0.39, 0.29) is 5.54 Å². The minimum absolute atomic E-state index is 0.234. The summed E-state index contributed by atoms with van der Waals surface area (Å²) >= 11 is 5.28. The first-order valence-electron chi connectivity index (χ1n) is 6.96. The van der Waals surface area contributed by atoms with E-state index >= 15 is 0 Å². The zero-order chi connectivity index (χ0) is 14.5. The maximum Gasteiger partial charge on any atom is 0.0701 e. The zero-order valence-corrected chi connectivity index (χ0v) is 15.2. The van der Waals surface area contributed by atoms with Crippen LogP contribution in [0.15, 0.2) is 15.2 Å². The Morgan fingerprint density at radius 2 is 2.11 bits per heavy atom. The van der Waals surface area contributed by atoms with Gasteiger partial charge in [-0.3, -0.25) is 4.90 Å². The van der Waals surface area contributed by atoms with Gasteiger partial charge in [-0.15, -0.1) is 11.3 Å². The Balaban J connectivity index is 2.23. The van der Waals surface area contributed by atoms with E-state index in [0.717, 1.165) is 13.1 Å². The quantitative estimate of drug-likeness (QED) is 0.731. The summed E-state index contributed by atoms with van der Waals surface area (Å²) in [5, 5.41) is 5.78. The van der Waals surface area contributed by atoms with Crippen LogP contribution >= 0.6 is 27.3 Å². The highest BCUT2D eigenvalue weighted by Crippen LogP contribution is 2.22. The number of rotatable bonds is 7. The lowest BCUT2D eigenvalue weighted by molar-refractivity contribution is 0.233. The van der Waals surface area contributed by atoms with Crippen LogP contribution in [-0.4, -0.2) is 30.1 Å². The standard InChI is InChI=1S/C15H27BrN2S/c1-12(7-6-8-17-15(2,3)4)18(5)10-13-9-14(16)19-11-13/h9,11-12,17H,6-8,10H2,1-5H3. The van der Waals surface area contributed by atoms with Gasteiger partial charge in [-0.1, -0.05) is 0 Å². The van der Waals surface area contributed by atoms with Gasteiger partial charge in [-0.05, 0) is 87.1 Å². The zero-order valence-electron chi connectivity index (χ0n) is 12.8. The van der Waals surface area contributed by atoms with Crippen LogP contribution in [0.4, 0.5) is 0 Å². The van der Waals surface area contributed by atoms with E-state index in [1.807, 2.05) is 0 Å². The molecule has 1 aromatic heterocycles. The minimum Gasteiger partial charge on any atom is -0.312 e. The Morgan fingerprint density at radius 3 is 2.63 bits per heavy atom. The summed E-state index contributed by atoms with van der Waals surface area (Å²) in [6, 6.07) is 2.84. The van der Waals surface area contributed by atoms with Crippen LogP contribution in [0.5, 0.6) is 0 Å². The second-order valence-corrected chi connectivity index (χ2v) is 8.63. The Bertz CT molecular complexity index is 370. The SMILES string of the molecule is CC(CCCNC(C)(C)C)N(C)Cc1csc(Br)c1. The molecule has 19 heavy (non-hydrogen) atoms. The molecule has 110 valence electrons. The predicted octanol–water partition coefficient (Wildman–Crippen LogP) is 4.50. The van der Waals surface area contributed by atoms with Gasteiger partial charge in [0, 0.05) is 18.1 Å². The maximum absolute atomic E-state index is 3.55. The molecule has 0 aliphatic rings. The van der Waals surface area contributed by atoms with Crippen molar-refractivity contribution in [3.05, 3.63) is 20.8 Å². The molecule has 1 rings (SSSR count). The molecule has 0 fully saturated rings. The summed E-state index contributed by atoms with van der Waals surface area (Å²) in [4.78, 5) is 2.44. The first kappa shape index (κ1) is 17.2. The maximum atomic E-state index is 3.55. The molecule has 2 nitrogen and oxygen atoms in total. The first-order chi connectivity index (χ1) is 8.78. The lowest BCUT2D eigenvalue weighted by atomic mass is 10.1. The van der Waals surface area contributed by atoms with Crippen molar-refractivity contribution in [1.82, 2.24) is 10.2 Å². The van der Waals surface area contributed by atoms with Crippen LogP contribution in [0, 0.1) is 0 Å². The number of halogens is 1. The van der Waals surface area contributed by atoms with Crippen LogP contribution in [0.1, 0.15) is 46.1 Å². The Kier molecular flexibility index (Phi) is 7.01. The number of nitrogens with one attached hydrogen (secondary N) is 1. The summed E-state index contributed by atoms with van der Waals surface area (Å²) in [7, 11) is 2.22. The average molecular weight is 347 g/mol. The molecule has 0 bridgehead atoms. The molecule has 0 spiro atoms. The van der Waals surface area contributed by atoms with Gasteiger partial charge in [0.15, 0.2) is 0 Å². The van der Waals surface area contributed by atoms with Gasteiger partial charge in [0.25, 0.3) is 0 Å². The number of nitrogens with zero attached hydrogens (tertiary/aromatic N) is 1. The summed E-state index contributed by atoms with van der Waals surface area (Å²) in [6.07, 6.45) is 2.47. The van der Waals surface area contributed by atoms with Gasteiger partial charge >= 0.3 is 0 Å². The van der Waals surface area contributed by atoms with Gasteiger partial charge in [0.1, 0.15) is 0 Å². The monoisotopic (exact) mass is 346 g/mol. The van der Waals surface area contributed by atoms with Crippen molar-refractivity contribution in [3.8, 4) is 0 Å². The second-order valence-electron chi connectivity index (χ2n) is 6.34. The number of thiophene rings is 1. The third kappa shape index (κ3) is 7.45. The van der Waals surface area contributed by atoms with E-state index in [2.05, 4.69) is 72.3 Å². The van der Waals surface area contributed by atoms with Crippen molar-refractivity contribution >= 4 is 27.3 Å². The molecule has 1 aromatic rings. The lowest BCUT2D eigenvalue weighted by Gasteiger charge is -2.25. The minimum atomic E-state index is 0.234. The number of hydrogen-bond acceptors (Lipinski definition) is 3. The Labute approximate surface area is 130 Å². The fourth-order valence-electron chi connectivity index (χ4n) is 1.95. The van der Waals surface area contributed by atoms with Crippen molar-refractivity contribution < 1.29 is 0 Å². The summed E-state index contributed by atoms with van der Waals surface area (Å²) in [5.74, 6) is 0. The fourth-order valence-corrected chi connectivity index (χ4v) is 3.15. The van der Waals surface area contributed by atoms with E-state index in [9.17, 15) is 0 Å². The molecule has 1 N–H and O–H groups in total. The second kappa shape index (κ2) is 7.77. The topological polar surface area (TPSA) is 15.3 Å². The van der Waals surface area contributed by atoms with E-state index in [1.165, 1.54) is 22.2 Å². The summed E-state index contributed by atoms with van der Waals surface area (Å²) < 4.78 is 1.22. The molecule has 0 aliphatic heterocycles. The highest BCUT2D eigenvalue weighted by molar-refractivity contribution is 9.11. The third-order valence-corrected chi connectivity index (χ3v) is 4.81. The number of hydrogen-bond donors (Lipinski definition) is 1. The van der Waals surface area contributed by atoms with Gasteiger partial charge in [0.2, 0.25) is 0 Å². The fraction of sp³-hybridized carbons (Fsp3) is 0.733. The van der Waals surface area contributed by atoms with Crippen LogP contribution in [0.25, 0.3) is 0 Å². The molecule has 0 aromatic carbocycles.